The number of H-pyrrole nitrogens is 1. The number of nitrogens with one attached hydrogen (secondary N) is 1. The highest BCUT2D eigenvalue weighted by molar-refractivity contribution is 9.10. The molecule has 0 aliphatic rings. The zero-order valence-corrected chi connectivity index (χ0v) is 16.8. The third-order valence-electron chi connectivity index (χ3n) is 4.32. The smallest absolute Gasteiger partial charge is 0.295 e. The molecule has 0 atom stereocenters. The number of hydrogen-bond acceptors (Lipinski definition) is 4. The van der Waals surface area contributed by atoms with Gasteiger partial charge in [0, 0.05) is 15.4 Å². The third kappa shape index (κ3) is 4.35. The van der Waals surface area contributed by atoms with Crippen LogP contribution in [0, 0.1) is 0 Å². The number of ether oxygens (including phenoxy) is 1. The number of fused-ring (bicyclic) bond motifs is 1. The van der Waals surface area contributed by atoms with Crippen LogP contribution in [0.15, 0.2) is 87.5 Å². The van der Waals surface area contributed by atoms with Gasteiger partial charge in [-0.3, -0.25) is 4.79 Å². The Kier molecular flexibility index (Phi) is 5.39. The maximum Gasteiger partial charge on any atom is 0.295 e. The molecule has 0 saturated heterocycles. The van der Waals surface area contributed by atoms with Crippen LogP contribution in [0.2, 0.25) is 0 Å². The Hall–Kier alpha value is -3.45. The molecule has 1 aromatic heterocycles. The summed E-state index contributed by atoms with van der Waals surface area (Å²) in [6.45, 7) is 0.431. The first kappa shape index (κ1) is 18.9. The molecule has 0 spiro atoms. The van der Waals surface area contributed by atoms with E-state index in [2.05, 4.69) is 31.1 Å². The summed E-state index contributed by atoms with van der Waals surface area (Å²) in [5.41, 5.74) is 2.38. The molecule has 144 valence electrons. The summed E-state index contributed by atoms with van der Waals surface area (Å²) in [7, 11) is 0. The standard InChI is InChI=1S/C22H16BrN3O3/c23-16-9-5-14(6-10-16)13-29-17-11-7-15(8-12-17)21(27)26-25-20-18-3-1-2-4-19(18)24-22(20)28/h1-12,24,28H,13H2. The van der Waals surface area contributed by atoms with Gasteiger partial charge in [0.2, 0.25) is 5.88 Å². The van der Waals surface area contributed by atoms with Crippen molar-refractivity contribution in [3.63, 3.8) is 0 Å². The summed E-state index contributed by atoms with van der Waals surface area (Å²) in [5.74, 6) is 0.0178. The van der Waals surface area contributed by atoms with Crippen molar-refractivity contribution in [3.8, 4) is 11.6 Å². The van der Waals surface area contributed by atoms with Crippen LogP contribution in [-0.2, 0) is 6.61 Å². The molecule has 0 aliphatic heterocycles. The van der Waals surface area contributed by atoms with Crippen LogP contribution in [-0.4, -0.2) is 16.0 Å². The van der Waals surface area contributed by atoms with E-state index >= 15 is 0 Å². The topological polar surface area (TPSA) is 87.0 Å². The van der Waals surface area contributed by atoms with Crippen molar-refractivity contribution in [1.29, 1.82) is 0 Å². The maximum atomic E-state index is 12.3. The molecular weight excluding hydrogens is 434 g/mol. The van der Waals surface area contributed by atoms with Gasteiger partial charge >= 0.3 is 0 Å². The van der Waals surface area contributed by atoms with Crippen LogP contribution >= 0.6 is 15.9 Å². The molecule has 4 aromatic rings. The number of carbonyl (C=O) groups excluding carboxylic acids is 1. The van der Waals surface area contributed by atoms with Crippen LogP contribution in [0.1, 0.15) is 15.9 Å². The Morgan fingerprint density at radius 1 is 1.00 bits per heavy atom. The van der Waals surface area contributed by atoms with Gasteiger partial charge < -0.3 is 14.8 Å². The number of aromatic hydroxyl groups is 1. The largest absolute Gasteiger partial charge is 0.493 e. The van der Waals surface area contributed by atoms with Crippen molar-refractivity contribution in [3.05, 3.63) is 88.4 Å². The number of carbonyl (C=O) groups is 1. The second-order valence-electron chi connectivity index (χ2n) is 6.31. The van der Waals surface area contributed by atoms with E-state index in [-0.39, 0.29) is 11.6 Å². The number of aromatic amines is 1. The van der Waals surface area contributed by atoms with Gasteiger partial charge in [-0.15, -0.1) is 10.2 Å². The van der Waals surface area contributed by atoms with Crippen LogP contribution in [0.4, 0.5) is 5.69 Å². The summed E-state index contributed by atoms with van der Waals surface area (Å²) in [6.07, 6.45) is 0. The Morgan fingerprint density at radius 3 is 2.48 bits per heavy atom. The van der Waals surface area contributed by atoms with Gasteiger partial charge in [-0.2, -0.15) is 0 Å². The number of aromatic nitrogens is 1. The fraction of sp³-hybridized carbons (Fsp3) is 0.0455. The Morgan fingerprint density at radius 2 is 1.72 bits per heavy atom. The number of halogens is 1. The molecule has 0 bridgehead atoms. The lowest BCUT2D eigenvalue weighted by molar-refractivity contribution is 0.0995. The Labute approximate surface area is 175 Å². The average molecular weight is 450 g/mol. The highest BCUT2D eigenvalue weighted by Gasteiger charge is 2.11. The average Bonchev–Trinajstić information content (AvgIpc) is 3.07. The van der Waals surface area contributed by atoms with Gasteiger partial charge in [-0.25, -0.2) is 0 Å². The number of rotatable bonds is 5. The minimum absolute atomic E-state index is 0.126. The van der Waals surface area contributed by atoms with Gasteiger partial charge in [0.25, 0.3) is 5.91 Å². The van der Waals surface area contributed by atoms with Gasteiger partial charge in [0.15, 0.2) is 5.69 Å². The first-order valence-corrected chi connectivity index (χ1v) is 9.62. The predicted octanol–water partition coefficient (Wildman–Crippen LogP) is 6.14. The fourth-order valence-corrected chi connectivity index (χ4v) is 3.07. The number of benzene rings is 3. The first-order valence-electron chi connectivity index (χ1n) is 8.83. The maximum absolute atomic E-state index is 12.3. The third-order valence-corrected chi connectivity index (χ3v) is 4.85. The normalized spacial score (nSPS) is 11.2. The van der Waals surface area contributed by atoms with Crippen molar-refractivity contribution in [1.82, 2.24) is 4.98 Å². The minimum Gasteiger partial charge on any atom is -0.493 e. The van der Waals surface area contributed by atoms with Crippen molar-refractivity contribution >= 4 is 38.4 Å². The Balaban J connectivity index is 1.43. The molecule has 29 heavy (non-hydrogen) atoms. The van der Waals surface area contributed by atoms with E-state index < -0.39 is 5.91 Å². The van der Waals surface area contributed by atoms with E-state index in [1.165, 1.54) is 0 Å². The highest BCUT2D eigenvalue weighted by atomic mass is 79.9. The van der Waals surface area contributed by atoms with E-state index in [1.807, 2.05) is 42.5 Å². The quantitative estimate of drug-likeness (QED) is 0.358. The van der Waals surface area contributed by atoms with Crippen molar-refractivity contribution < 1.29 is 14.6 Å². The minimum atomic E-state index is -0.505. The van der Waals surface area contributed by atoms with E-state index in [4.69, 9.17) is 4.74 Å². The molecule has 0 saturated carbocycles. The molecule has 7 heteroatoms. The molecule has 0 fully saturated rings. The molecule has 1 heterocycles. The van der Waals surface area contributed by atoms with E-state index in [1.54, 1.807) is 30.3 Å². The Bertz CT molecular complexity index is 1180. The summed E-state index contributed by atoms with van der Waals surface area (Å²) in [4.78, 5) is 15.1. The van der Waals surface area contributed by atoms with Gasteiger partial charge in [-0.05, 0) is 48.0 Å². The number of azo groups is 1. The van der Waals surface area contributed by atoms with Crippen LogP contribution < -0.4 is 4.74 Å². The molecule has 0 unspecified atom stereocenters. The second kappa shape index (κ2) is 8.28. The molecule has 0 radical (unpaired) electrons. The molecule has 2 N–H and O–H groups in total. The molecule has 6 nitrogen and oxygen atoms in total. The van der Waals surface area contributed by atoms with Gasteiger partial charge in [-0.1, -0.05) is 46.3 Å². The van der Waals surface area contributed by atoms with E-state index in [9.17, 15) is 9.90 Å². The van der Waals surface area contributed by atoms with Crippen molar-refractivity contribution in [2.75, 3.05) is 0 Å². The molecule has 1 amide bonds. The van der Waals surface area contributed by atoms with Crippen LogP contribution in [0.3, 0.4) is 0 Å². The van der Waals surface area contributed by atoms with Crippen LogP contribution in [0.5, 0.6) is 11.6 Å². The first-order chi connectivity index (χ1) is 14.1. The van der Waals surface area contributed by atoms with Crippen LogP contribution in [0.25, 0.3) is 10.9 Å². The van der Waals surface area contributed by atoms with Gasteiger partial charge in [0.1, 0.15) is 12.4 Å². The lowest BCUT2D eigenvalue weighted by Crippen LogP contribution is -1.97. The summed E-state index contributed by atoms with van der Waals surface area (Å²) in [5, 5.41) is 18.4. The lowest BCUT2D eigenvalue weighted by Gasteiger charge is -2.06. The zero-order chi connectivity index (χ0) is 20.2. The fourth-order valence-electron chi connectivity index (χ4n) is 2.81. The molecule has 3 aromatic carbocycles. The van der Waals surface area contributed by atoms with Crippen molar-refractivity contribution in [2.45, 2.75) is 6.61 Å². The molecular formula is C22H16BrN3O3. The van der Waals surface area contributed by atoms with E-state index in [0.717, 1.165) is 15.6 Å². The van der Waals surface area contributed by atoms with E-state index in [0.29, 0.717) is 23.3 Å². The number of para-hydroxylation sites is 1. The zero-order valence-electron chi connectivity index (χ0n) is 15.2. The number of amides is 1. The summed E-state index contributed by atoms with van der Waals surface area (Å²) < 4.78 is 6.74. The number of nitrogens with zero attached hydrogens (tertiary/aromatic N) is 2. The molecule has 0 aliphatic carbocycles. The monoisotopic (exact) mass is 449 g/mol. The summed E-state index contributed by atoms with van der Waals surface area (Å²) in [6, 6.07) is 21.8. The lowest BCUT2D eigenvalue weighted by atomic mass is 10.2. The SMILES string of the molecule is O=C(N=Nc1c(O)[nH]c2ccccc12)c1ccc(OCc2ccc(Br)cc2)cc1. The van der Waals surface area contributed by atoms with Crippen molar-refractivity contribution in [2.24, 2.45) is 10.2 Å². The second-order valence-corrected chi connectivity index (χ2v) is 7.23. The highest BCUT2D eigenvalue weighted by Crippen LogP contribution is 2.35. The van der Waals surface area contributed by atoms with Gasteiger partial charge in [0.05, 0.1) is 5.52 Å². The number of hydrogen-bond donors (Lipinski definition) is 2. The predicted molar refractivity (Wildman–Crippen MR) is 114 cm³/mol. The summed E-state index contributed by atoms with van der Waals surface area (Å²) >= 11 is 3.40. The molecule has 4 rings (SSSR count).